The number of benzene rings is 2. The molecule has 0 saturated carbocycles. The van der Waals surface area contributed by atoms with E-state index in [0.29, 0.717) is 6.07 Å². The highest BCUT2D eigenvalue weighted by Gasteiger charge is 2.35. The van der Waals surface area contributed by atoms with E-state index in [2.05, 4.69) is 25.3 Å². The molecular formula is C23H21F7N4O2. The van der Waals surface area contributed by atoms with Gasteiger partial charge in [0.2, 0.25) is 5.95 Å². The number of rotatable bonds is 8. The van der Waals surface area contributed by atoms with Gasteiger partial charge < -0.3 is 20.5 Å². The maximum Gasteiger partial charge on any atom is 0.573 e. The maximum atomic E-state index is 14.4. The van der Waals surface area contributed by atoms with Gasteiger partial charge >= 0.3 is 12.5 Å². The first-order chi connectivity index (χ1) is 16.8. The van der Waals surface area contributed by atoms with Gasteiger partial charge in [0, 0.05) is 11.6 Å². The summed E-state index contributed by atoms with van der Waals surface area (Å²) in [6.45, 7) is 3.22. The Kier molecular flexibility index (Phi) is 7.92. The molecule has 36 heavy (non-hydrogen) atoms. The van der Waals surface area contributed by atoms with Crippen molar-refractivity contribution in [2.24, 2.45) is 5.92 Å². The van der Waals surface area contributed by atoms with Gasteiger partial charge in [0.15, 0.2) is 0 Å². The number of hydrogen-bond donors (Lipinski definition) is 3. The van der Waals surface area contributed by atoms with E-state index in [1.807, 2.05) is 0 Å². The van der Waals surface area contributed by atoms with Gasteiger partial charge in [-0.15, -0.1) is 13.2 Å². The quantitative estimate of drug-likeness (QED) is 0.301. The van der Waals surface area contributed by atoms with Crippen LogP contribution >= 0.6 is 0 Å². The summed E-state index contributed by atoms with van der Waals surface area (Å²) < 4.78 is 96.7. The predicted octanol–water partition coefficient (Wildman–Crippen LogP) is 6.37. The van der Waals surface area contributed by atoms with Crippen molar-refractivity contribution in [2.45, 2.75) is 32.4 Å². The Balaban J connectivity index is 2.10. The fourth-order valence-corrected chi connectivity index (χ4v) is 3.18. The highest BCUT2D eigenvalue weighted by Crippen LogP contribution is 2.38. The Hall–Kier alpha value is -3.61. The Labute approximate surface area is 201 Å². The summed E-state index contributed by atoms with van der Waals surface area (Å²) in [5, 5.41) is 14.8. The van der Waals surface area contributed by atoms with E-state index in [-0.39, 0.29) is 35.5 Å². The zero-order valence-electron chi connectivity index (χ0n) is 18.9. The zero-order chi connectivity index (χ0) is 26.7. The van der Waals surface area contributed by atoms with Gasteiger partial charge in [0.05, 0.1) is 29.6 Å². The van der Waals surface area contributed by atoms with Crippen LogP contribution in [0.3, 0.4) is 0 Å². The monoisotopic (exact) mass is 518 g/mol. The number of anilines is 3. The first kappa shape index (κ1) is 27.0. The smallest absolute Gasteiger partial charge is 0.406 e. The van der Waals surface area contributed by atoms with Crippen molar-refractivity contribution in [3.63, 3.8) is 0 Å². The lowest BCUT2D eigenvalue weighted by Gasteiger charge is -2.21. The van der Waals surface area contributed by atoms with Gasteiger partial charge in [0.25, 0.3) is 0 Å². The lowest BCUT2D eigenvalue weighted by molar-refractivity contribution is -0.274. The number of aliphatic hydroxyl groups excluding tert-OH is 1. The van der Waals surface area contributed by atoms with Crippen LogP contribution in [0.25, 0.3) is 11.3 Å². The van der Waals surface area contributed by atoms with Crippen LogP contribution in [0.15, 0.2) is 48.5 Å². The normalized spacial score (nSPS) is 13.0. The summed E-state index contributed by atoms with van der Waals surface area (Å²) in [5.74, 6) is -2.30. The molecular weight excluding hydrogens is 497 g/mol. The van der Waals surface area contributed by atoms with Crippen molar-refractivity contribution in [3.05, 3.63) is 59.9 Å². The Bertz CT molecular complexity index is 1200. The molecule has 3 N–H and O–H groups in total. The van der Waals surface area contributed by atoms with Gasteiger partial charge in [-0.3, -0.25) is 0 Å². The summed E-state index contributed by atoms with van der Waals surface area (Å²) in [5.41, 5.74) is -2.07. The number of nitrogens with one attached hydrogen (secondary N) is 2. The van der Waals surface area contributed by atoms with Crippen molar-refractivity contribution in [3.8, 4) is 17.0 Å². The van der Waals surface area contributed by atoms with Crippen LogP contribution in [-0.4, -0.2) is 34.1 Å². The van der Waals surface area contributed by atoms with Gasteiger partial charge in [-0.05, 0) is 30.2 Å². The van der Waals surface area contributed by atoms with Crippen molar-refractivity contribution in [2.75, 3.05) is 17.2 Å². The van der Waals surface area contributed by atoms with Crippen LogP contribution in [0.1, 0.15) is 19.4 Å². The molecule has 0 spiro atoms. The van der Waals surface area contributed by atoms with E-state index in [1.54, 1.807) is 13.8 Å². The standard InChI is InChI=1S/C23H21F7N4O2/c1-12(2)18(11-35)32-21-31-17(13-5-3-6-14(9-13)36-23(28,29)30)10-19(34-21)33-20-15(22(25,26)27)7-4-8-16(20)24/h3-10,12,18,35H,11H2,1-2H3,(H2,31,32,33,34)/t18-/m0/s1. The molecule has 1 atom stereocenters. The largest absolute Gasteiger partial charge is 0.573 e. The molecule has 0 bridgehead atoms. The number of halogens is 7. The summed E-state index contributed by atoms with van der Waals surface area (Å²) in [7, 11) is 0. The molecule has 0 radical (unpaired) electrons. The maximum absolute atomic E-state index is 14.4. The molecule has 0 unspecified atom stereocenters. The highest BCUT2D eigenvalue weighted by molar-refractivity contribution is 5.70. The molecule has 0 saturated heterocycles. The number of hydrogen-bond acceptors (Lipinski definition) is 6. The van der Waals surface area contributed by atoms with Crippen LogP contribution in [0, 0.1) is 11.7 Å². The van der Waals surface area contributed by atoms with Crippen LogP contribution in [0.5, 0.6) is 5.75 Å². The third-order valence-corrected chi connectivity index (χ3v) is 4.98. The van der Waals surface area contributed by atoms with Crippen LogP contribution in [0.4, 0.5) is 48.2 Å². The van der Waals surface area contributed by atoms with Crippen LogP contribution < -0.4 is 15.4 Å². The highest BCUT2D eigenvalue weighted by atomic mass is 19.4. The number of aliphatic hydroxyl groups is 1. The molecule has 0 amide bonds. The first-order valence-electron chi connectivity index (χ1n) is 10.5. The van der Waals surface area contributed by atoms with Crippen molar-refractivity contribution in [1.29, 1.82) is 0 Å². The average molecular weight is 518 g/mol. The molecule has 2 aromatic carbocycles. The molecule has 0 aliphatic heterocycles. The number of alkyl halides is 6. The second-order valence-electron chi connectivity index (χ2n) is 8.00. The van der Waals surface area contributed by atoms with E-state index in [0.717, 1.165) is 30.3 Å². The molecule has 1 aromatic heterocycles. The Morgan fingerprint density at radius 3 is 2.28 bits per heavy atom. The molecule has 0 aliphatic carbocycles. The summed E-state index contributed by atoms with van der Waals surface area (Å²) in [6, 6.07) is 7.76. The molecule has 6 nitrogen and oxygen atoms in total. The number of nitrogens with zero attached hydrogens (tertiary/aromatic N) is 2. The number of aromatic nitrogens is 2. The Morgan fingerprint density at radius 1 is 0.972 bits per heavy atom. The number of para-hydroxylation sites is 1. The molecule has 3 rings (SSSR count). The van der Waals surface area contributed by atoms with Crippen LogP contribution in [0.2, 0.25) is 0 Å². The van der Waals surface area contributed by atoms with E-state index in [1.165, 1.54) is 12.1 Å². The van der Waals surface area contributed by atoms with E-state index in [4.69, 9.17) is 0 Å². The SMILES string of the molecule is CC(C)[C@H](CO)Nc1nc(Nc2c(F)cccc2C(F)(F)F)cc(-c2cccc(OC(F)(F)F)c2)n1. The van der Waals surface area contributed by atoms with Crippen molar-refractivity contribution < 1.29 is 40.6 Å². The van der Waals surface area contributed by atoms with Crippen molar-refractivity contribution >= 4 is 17.5 Å². The summed E-state index contributed by atoms with van der Waals surface area (Å²) in [4.78, 5) is 8.30. The lowest BCUT2D eigenvalue weighted by Crippen LogP contribution is -2.30. The lowest BCUT2D eigenvalue weighted by atomic mass is 10.1. The van der Waals surface area contributed by atoms with E-state index in [9.17, 15) is 35.8 Å². The fourth-order valence-electron chi connectivity index (χ4n) is 3.18. The number of ether oxygens (including phenoxy) is 1. The Morgan fingerprint density at radius 2 is 1.67 bits per heavy atom. The molecule has 1 heterocycles. The van der Waals surface area contributed by atoms with E-state index >= 15 is 0 Å². The molecule has 0 aliphatic rings. The van der Waals surface area contributed by atoms with Crippen molar-refractivity contribution in [1.82, 2.24) is 9.97 Å². The third kappa shape index (κ3) is 6.97. The first-order valence-corrected chi connectivity index (χ1v) is 10.5. The molecule has 194 valence electrons. The minimum atomic E-state index is -4.95. The fraction of sp³-hybridized carbons (Fsp3) is 0.304. The molecule has 3 aromatic rings. The van der Waals surface area contributed by atoms with Gasteiger partial charge in [-0.2, -0.15) is 18.2 Å². The van der Waals surface area contributed by atoms with Crippen LogP contribution in [-0.2, 0) is 6.18 Å². The topological polar surface area (TPSA) is 79.3 Å². The minimum Gasteiger partial charge on any atom is -0.406 e. The van der Waals surface area contributed by atoms with E-state index < -0.39 is 41.4 Å². The zero-order valence-corrected chi connectivity index (χ0v) is 18.9. The van der Waals surface area contributed by atoms with Gasteiger partial charge in [-0.25, -0.2) is 9.37 Å². The second-order valence-corrected chi connectivity index (χ2v) is 8.00. The summed E-state index contributed by atoms with van der Waals surface area (Å²) >= 11 is 0. The molecule has 13 heteroatoms. The van der Waals surface area contributed by atoms with Gasteiger partial charge in [-0.1, -0.05) is 32.0 Å². The van der Waals surface area contributed by atoms with Gasteiger partial charge in [0.1, 0.15) is 17.4 Å². The summed E-state index contributed by atoms with van der Waals surface area (Å²) in [6.07, 6.45) is -9.83. The third-order valence-electron chi connectivity index (χ3n) is 4.98. The average Bonchev–Trinajstić information content (AvgIpc) is 2.77. The second kappa shape index (κ2) is 10.6. The molecule has 0 fully saturated rings. The minimum absolute atomic E-state index is 0.00651. The predicted molar refractivity (Wildman–Crippen MR) is 118 cm³/mol.